The van der Waals surface area contributed by atoms with E-state index in [2.05, 4.69) is 29.3 Å². The molecule has 0 bridgehead atoms. The summed E-state index contributed by atoms with van der Waals surface area (Å²) in [6.07, 6.45) is 2.95. The van der Waals surface area contributed by atoms with Crippen LogP contribution < -0.4 is 5.32 Å². The lowest BCUT2D eigenvalue weighted by Gasteiger charge is -2.30. The van der Waals surface area contributed by atoms with Crippen molar-refractivity contribution in [3.05, 3.63) is 29.8 Å². The van der Waals surface area contributed by atoms with E-state index in [0.717, 1.165) is 18.2 Å². The fourth-order valence-electron chi connectivity index (χ4n) is 2.48. The number of benzene rings is 1. The molecule has 0 aliphatic carbocycles. The molecule has 0 atom stereocenters. The number of hydrogen-bond donors (Lipinski definition) is 1. The van der Waals surface area contributed by atoms with Gasteiger partial charge >= 0.3 is 0 Å². The van der Waals surface area contributed by atoms with E-state index >= 15 is 0 Å². The molecule has 1 aromatic carbocycles. The summed E-state index contributed by atoms with van der Waals surface area (Å²) in [7, 11) is 0. The Kier molecular flexibility index (Phi) is 5.86. The van der Waals surface area contributed by atoms with Gasteiger partial charge in [-0.3, -0.25) is 9.69 Å². The van der Waals surface area contributed by atoms with Crippen molar-refractivity contribution in [1.29, 1.82) is 0 Å². The summed E-state index contributed by atoms with van der Waals surface area (Å²) in [4.78, 5) is 13.9. The largest absolute Gasteiger partial charge is 0.326 e. The Morgan fingerprint density at radius 1 is 1.30 bits per heavy atom. The SMILES string of the molecule is CC1CCN(Cc2ccc(NC(=O)CCCl)cc2)CC1. The minimum absolute atomic E-state index is 0.0298. The van der Waals surface area contributed by atoms with Gasteiger partial charge in [0, 0.05) is 24.5 Å². The van der Waals surface area contributed by atoms with Gasteiger partial charge < -0.3 is 5.32 Å². The standard InChI is InChI=1S/C16H23ClN2O/c1-13-7-10-19(11-8-13)12-14-2-4-15(5-3-14)18-16(20)6-9-17/h2-5,13H,6-12H2,1H3,(H,18,20). The van der Waals surface area contributed by atoms with Crippen LogP contribution in [0, 0.1) is 5.92 Å². The predicted octanol–water partition coefficient (Wildman–Crippen LogP) is 3.49. The smallest absolute Gasteiger partial charge is 0.225 e. The third-order valence-corrected chi connectivity index (χ3v) is 4.03. The molecule has 3 nitrogen and oxygen atoms in total. The van der Waals surface area contributed by atoms with Crippen LogP contribution in [-0.2, 0) is 11.3 Å². The lowest BCUT2D eigenvalue weighted by atomic mass is 9.99. The van der Waals surface area contributed by atoms with Crippen LogP contribution in [0.2, 0.25) is 0 Å². The van der Waals surface area contributed by atoms with Crippen molar-refractivity contribution in [2.75, 3.05) is 24.3 Å². The summed E-state index contributed by atoms with van der Waals surface area (Å²) in [5.41, 5.74) is 2.14. The number of likely N-dealkylation sites (tertiary alicyclic amines) is 1. The van der Waals surface area contributed by atoms with E-state index in [4.69, 9.17) is 11.6 Å². The van der Waals surface area contributed by atoms with Crippen molar-refractivity contribution in [3.8, 4) is 0 Å². The summed E-state index contributed by atoms with van der Waals surface area (Å²) in [6, 6.07) is 8.12. The highest BCUT2D eigenvalue weighted by Gasteiger charge is 2.15. The van der Waals surface area contributed by atoms with Crippen molar-refractivity contribution in [2.24, 2.45) is 5.92 Å². The van der Waals surface area contributed by atoms with E-state index in [1.54, 1.807) is 0 Å². The Morgan fingerprint density at radius 3 is 2.55 bits per heavy atom. The van der Waals surface area contributed by atoms with Gasteiger partial charge in [-0.05, 0) is 49.5 Å². The molecule has 0 unspecified atom stereocenters. The molecule has 4 heteroatoms. The van der Waals surface area contributed by atoms with Crippen molar-refractivity contribution in [2.45, 2.75) is 32.7 Å². The summed E-state index contributed by atoms with van der Waals surface area (Å²) in [6.45, 7) is 5.71. The van der Waals surface area contributed by atoms with Gasteiger partial charge in [0.25, 0.3) is 0 Å². The monoisotopic (exact) mass is 294 g/mol. The number of rotatable bonds is 5. The first-order chi connectivity index (χ1) is 9.67. The molecule has 110 valence electrons. The van der Waals surface area contributed by atoms with Gasteiger partial charge in [-0.15, -0.1) is 11.6 Å². The molecule has 0 radical (unpaired) electrons. The van der Waals surface area contributed by atoms with Crippen molar-refractivity contribution in [1.82, 2.24) is 4.90 Å². The van der Waals surface area contributed by atoms with Crippen LogP contribution in [-0.4, -0.2) is 29.8 Å². The zero-order valence-electron chi connectivity index (χ0n) is 12.1. The number of carbonyl (C=O) groups excluding carboxylic acids is 1. The first-order valence-electron chi connectivity index (χ1n) is 7.34. The molecule has 0 spiro atoms. The number of nitrogens with zero attached hydrogens (tertiary/aromatic N) is 1. The molecule has 1 heterocycles. The van der Waals surface area contributed by atoms with Gasteiger partial charge in [-0.1, -0.05) is 19.1 Å². The van der Waals surface area contributed by atoms with E-state index in [9.17, 15) is 4.79 Å². The predicted molar refractivity (Wildman–Crippen MR) is 84.1 cm³/mol. The Hall–Kier alpha value is -1.06. The Morgan fingerprint density at radius 2 is 1.95 bits per heavy atom. The molecule has 20 heavy (non-hydrogen) atoms. The molecule has 1 fully saturated rings. The highest BCUT2D eigenvalue weighted by molar-refractivity contribution is 6.19. The van der Waals surface area contributed by atoms with Crippen LogP contribution >= 0.6 is 11.6 Å². The maximum atomic E-state index is 11.4. The van der Waals surface area contributed by atoms with E-state index in [1.165, 1.54) is 31.5 Å². The van der Waals surface area contributed by atoms with Crippen LogP contribution in [0.25, 0.3) is 0 Å². The number of anilines is 1. The number of halogens is 1. The molecule has 1 aliphatic heterocycles. The third kappa shape index (κ3) is 4.80. The van der Waals surface area contributed by atoms with Crippen LogP contribution in [0.15, 0.2) is 24.3 Å². The summed E-state index contributed by atoms with van der Waals surface area (Å²) in [5, 5.41) is 2.84. The van der Waals surface area contributed by atoms with E-state index < -0.39 is 0 Å². The zero-order chi connectivity index (χ0) is 14.4. The molecule has 1 saturated heterocycles. The van der Waals surface area contributed by atoms with E-state index in [-0.39, 0.29) is 5.91 Å². The minimum atomic E-state index is -0.0298. The Labute approximate surface area is 126 Å². The highest BCUT2D eigenvalue weighted by Crippen LogP contribution is 2.19. The second-order valence-corrected chi connectivity index (χ2v) is 6.02. The molecule has 0 saturated carbocycles. The van der Waals surface area contributed by atoms with E-state index in [0.29, 0.717) is 12.3 Å². The second-order valence-electron chi connectivity index (χ2n) is 5.64. The number of nitrogens with one attached hydrogen (secondary N) is 1. The average molecular weight is 295 g/mol. The van der Waals surface area contributed by atoms with E-state index in [1.807, 2.05) is 12.1 Å². The van der Waals surface area contributed by atoms with Gasteiger partial charge in [0.2, 0.25) is 5.91 Å². The van der Waals surface area contributed by atoms with Gasteiger partial charge in [0.15, 0.2) is 0 Å². The molecule has 1 N–H and O–H groups in total. The third-order valence-electron chi connectivity index (χ3n) is 3.84. The summed E-state index contributed by atoms with van der Waals surface area (Å²) in [5.74, 6) is 1.20. The minimum Gasteiger partial charge on any atom is -0.326 e. The van der Waals surface area contributed by atoms with Crippen LogP contribution in [0.1, 0.15) is 31.7 Å². The van der Waals surface area contributed by atoms with Gasteiger partial charge in [-0.2, -0.15) is 0 Å². The number of hydrogen-bond acceptors (Lipinski definition) is 2. The van der Waals surface area contributed by atoms with Gasteiger partial charge in [0.05, 0.1) is 0 Å². The normalized spacial score (nSPS) is 17.1. The fraction of sp³-hybridized carbons (Fsp3) is 0.562. The highest BCUT2D eigenvalue weighted by atomic mass is 35.5. The Bertz CT molecular complexity index is 425. The van der Waals surface area contributed by atoms with Crippen molar-refractivity contribution in [3.63, 3.8) is 0 Å². The summed E-state index contributed by atoms with van der Waals surface area (Å²) < 4.78 is 0. The molecule has 0 aromatic heterocycles. The second kappa shape index (κ2) is 7.65. The fourth-order valence-corrected chi connectivity index (χ4v) is 2.65. The van der Waals surface area contributed by atoms with Crippen molar-refractivity contribution >= 4 is 23.2 Å². The summed E-state index contributed by atoms with van der Waals surface area (Å²) >= 11 is 5.54. The topological polar surface area (TPSA) is 32.3 Å². The molecule has 2 rings (SSSR count). The molecule has 1 amide bonds. The zero-order valence-corrected chi connectivity index (χ0v) is 12.8. The van der Waals surface area contributed by atoms with Crippen LogP contribution in [0.5, 0.6) is 0 Å². The molecular formula is C16H23ClN2O. The maximum absolute atomic E-state index is 11.4. The Balaban J connectivity index is 1.83. The average Bonchev–Trinajstić information content (AvgIpc) is 2.44. The molecular weight excluding hydrogens is 272 g/mol. The number of alkyl halides is 1. The number of piperidine rings is 1. The lowest BCUT2D eigenvalue weighted by molar-refractivity contribution is -0.115. The van der Waals surface area contributed by atoms with Gasteiger partial charge in [-0.25, -0.2) is 0 Å². The first-order valence-corrected chi connectivity index (χ1v) is 7.88. The lowest BCUT2D eigenvalue weighted by Crippen LogP contribution is -2.32. The number of carbonyl (C=O) groups is 1. The van der Waals surface area contributed by atoms with Gasteiger partial charge in [0.1, 0.15) is 0 Å². The number of amides is 1. The molecule has 1 aliphatic rings. The van der Waals surface area contributed by atoms with Crippen LogP contribution in [0.4, 0.5) is 5.69 Å². The maximum Gasteiger partial charge on any atom is 0.225 e. The van der Waals surface area contributed by atoms with Crippen LogP contribution in [0.3, 0.4) is 0 Å². The quantitative estimate of drug-likeness (QED) is 0.843. The van der Waals surface area contributed by atoms with Crippen molar-refractivity contribution < 1.29 is 4.79 Å². The molecule has 1 aromatic rings. The first kappa shape index (κ1) is 15.3.